The maximum absolute atomic E-state index is 13.3. The van der Waals surface area contributed by atoms with Gasteiger partial charge in [0.15, 0.2) is 5.76 Å². The van der Waals surface area contributed by atoms with Gasteiger partial charge in [0.1, 0.15) is 18.1 Å². The summed E-state index contributed by atoms with van der Waals surface area (Å²) in [5.41, 5.74) is 3.69. The van der Waals surface area contributed by atoms with Crippen LogP contribution in [0.3, 0.4) is 0 Å². The van der Waals surface area contributed by atoms with Crippen LogP contribution in [0, 0.1) is 6.92 Å². The number of rotatable bonds is 4. The zero-order valence-electron chi connectivity index (χ0n) is 18.2. The van der Waals surface area contributed by atoms with Gasteiger partial charge in [-0.1, -0.05) is 24.3 Å². The molecule has 164 valence electrons. The lowest BCUT2D eigenvalue weighted by Crippen LogP contribution is -2.44. The van der Waals surface area contributed by atoms with Crippen molar-refractivity contribution >= 4 is 12.0 Å². The second kappa shape index (κ2) is 8.42. The van der Waals surface area contributed by atoms with Crippen molar-refractivity contribution in [2.45, 2.75) is 19.4 Å². The van der Waals surface area contributed by atoms with Gasteiger partial charge in [-0.3, -0.25) is 4.79 Å². The van der Waals surface area contributed by atoms with Crippen molar-refractivity contribution in [2.75, 3.05) is 26.9 Å². The molecule has 5 rings (SSSR count). The Hall–Kier alpha value is -3.74. The highest BCUT2D eigenvalue weighted by Crippen LogP contribution is 2.37. The largest absolute Gasteiger partial charge is 0.495 e. The first-order valence-corrected chi connectivity index (χ1v) is 10.7. The molecule has 0 spiro atoms. The summed E-state index contributed by atoms with van der Waals surface area (Å²) in [6.45, 7) is 3.55. The Labute approximate surface area is 186 Å². The molecule has 7 nitrogen and oxygen atoms in total. The maximum atomic E-state index is 13.3. The third kappa shape index (κ3) is 3.70. The fraction of sp³-hybridized carbons (Fsp3) is 0.280. The fourth-order valence-corrected chi connectivity index (χ4v) is 4.31. The molecule has 1 atom stereocenters. The van der Waals surface area contributed by atoms with E-state index in [1.165, 1.54) is 0 Å². The highest BCUT2D eigenvalue weighted by atomic mass is 16.5. The highest BCUT2D eigenvalue weighted by Gasteiger charge is 2.34. The van der Waals surface area contributed by atoms with Gasteiger partial charge in [0, 0.05) is 18.2 Å². The normalized spacial score (nSPS) is 19.3. The van der Waals surface area contributed by atoms with Gasteiger partial charge in [-0.2, -0.15) is 0 Å². The Balaban J connectivity index is 1.43. The van der Waals surface area contributed by atoms with Gasteiger partial charge in [-0.25, -0.2) is 4.98 Å². The minimum atomic E-state index is -0.105. The number of amides is 1. The van der Waals surface area contributed by atoms with Crippen LogP contribution in [-0.2, 0) is 9.53 Å². The van der Waals surface area contributed by atoms with E-state index < -0.39 is 0 Å². The van der Waals surface area contributed by atoms with Crippen LogP contribution in [0.4, 0.5) is 0 Å². The summed E-state index contributed by atoms with van der Waals surface area (Å²) in [6, 6.07) is 13.7. The van der Waals surface area contributed by atoms with E-state index >= 15 is 0 Å². The zero-order valence-corrected chi connectivity index (χ0v) is 18.2. The molecule has 0 bridgehead atoms. The summed E-state index contributed by atoms with van der Waals surface area (Å²) in [4.78, 5) is 19.5. The molecule has 0 N–H and O–H groups in total. The van der Waals surface area contributed by atoms with Gasteiger partial charge < -0.3 is 23.7 Å². The Morgan fingerprint density at radius 1 is 1.16 bits per heavy atom. The number of fused-ring (bicyclic) bond motifs is 1. The highest BCUT2D eigenvalue weighted by molar-refractivity contribution is 5.96. The average Bonchev–Trinajstić information content (AvgIpc) is 3.26. The van der Waals surface area contributed by atoms with Gasteiger partial charge >= 0.3 is 0 Å². The Kier molecular flexibility index (Phi) is 5.31. The van der Waals surface area contributed by atoms with E-state index in [1.54, 1.807) is 19.5 Å². The number of hydrogen-bond donors (Lipinski definition) is 0. The summed E-state index contributed by atoms with van der Waals surface area (Å²) in [6.07, 6.45) is 6.24. The Morgan fingerprint density at radius 3 is 2.84 bits per heavy atom. The molecule has 2 aromatic carbocycles. The van der Waals surface area contributed by atoms with Crippen molar-refractivity contribution in [2.24, 2.45) is 0 Å². The minimum Gasteiger partial charge on any atom is -0.495 e. The number of nitrogens with zero attached hydrogens (tertiary/aromatic N) is 3. The number of carbonyl (C=O) groups excluding carboxylic acids is 1. The van der Waals surface area contributed by atoms with Crippen LogP contribution in [0.15, 0.2) is 60.7 Å². The summed E-state index contributed by atoms with van der Waals surface area (Å²) in [5, 5.41) is 0. The van der Waals surface area contributed by atoms with Crippen LogP contribution in [0.2, 0.25) is 0 Å². The Morgan fingerprint density at radius 2 is 2.03 bits per heavy atom. The number of para-hydroxylation sites is 1. The fourth-order valence-electron chi connectivity index (χ4n) is 4.31. The number of hydrogen-bond acceptors (Lipinski definition) is 5. The van der Waals surface area contributed by atoms with E-state index in [1.807, 2.05) is 65.1 Å². The van der Waals surface area contributed by atoms with Crippen LogP contribution >= 0.6 is 0 Å². The van der Waals surface area contributed by atoms with E-state index in [9.17, 15) is 4.79 Å². The second-order valence-electron chi connectivity index (χ2n) is 7.90. The number of ether oxygens (including phenoxy) is 3. The Bertz CT molecular complexity index is 1180. The summed E-state index contributed by atoms with van der Waals surface area (Å²) < 4.78 is 19.1. The molecule has 0 radical (unpaired) electrons. The number of morpholine rings is 1. The van der Waals surface area contributed by atoms with E-state index in [4.69, 9.17) is 14.2 Å². The van der Waals surface area contributed by atoms with E-state index in [0.717, 1.165) is 34.7 Å². The molecule has 1 fully saturated rings. The molecule has 1 aromatic heterocycles. The van der Waals surface area contributed by atoms with Crippen LogP contribution in [0.1, 0.15) is 29.3 Å². The molecule has 1 unspecified atom stereocenters. The summed E-state index contributed by atoms with van der Waals surface area (Å²) in [5.74, 6) is 1.78. The van der Waals surface area contributed by atoms with Crippen molar-refractivity contribution in [1.29, 1.82) is 0 Å². The lowest BCUT2D eigenvalue weighted by molar-refractivity contribution is -0.139. The minimum absolute atomic E-state index is 0.0128. The predicted molar refractivity (Wildman–Crippen MR) is 120 cm³/mol. The van der Waals surface area contributed by atoms with E-state index in [0.29, 0.717) is 31.3 Å². The van der Waals surface area contributed by atoms with Crippen molar-refractivity contribution in [3.05, 3.63) is 77.6 Å². The first-order chi connectivity index (χ1) is 15.6. The van der Waals surface area contributed by atoms with Gasteiger partial charge in [0.05, 0.1) is 44.0 Å². The predicted octanol–water partition coefficient (Wildman–Crippen LogP) is 3.91. The van der Waals surface area contributed by atoms with Crippen LogP contribution < -0.4 is 9.47 Å². The van der Waals surface area contributed by atoms with Crippen molar-refractivity contribution in [3.8, 4) is 17.2 Å². The number of aromatic nitrogens is 2. The maximum Gasteiger partial charge on any atom is 0.289 e. The molecular formula is C25H25N3O4. The molecule has 0 aliphatic carbocycles. The molecule has 2 aliphatic rings. The second-order valence-corrected chi connectivity index (χ2v) is 7.90. The lowest BCUT2D eigenvalue weighted by atomic mass is 9.98. The van der Waals surface area contributed by atoms with E-state index in [-0.39, 0.29) is 11.9 Å². The number of imidazole rings is 1. The zero-order chi connectivity index (χ0) is 22.1. The van der Waals surface area contributed by atoms with Gasteiger partial charge in [0.2, 0.25) is 0 Å². The number of methoxy groups -OCH3 is 1. The molecule has 3 aromatic rings. The molecule has 3 heterocycles. The first-order valence-electron chi connectivity index (χ1n) is 10.7. The lowest BCUT2D eigenvalue weighted by Gasteiger charge is -2.38. The first kappa shape index (κ1) is 20.2. The quantitative estimate of drug-likeness (QED) is 0.586. The molecule has 2 aliphatic heterocycles. The molecule has 1 saturated heterocycles. The third-order valence-corrected chi connectivity index (χ3v) is 5.86. The summed E-state index contributed by atoms with van der Waals surface area (Å²) in [7, 11) is 1.63. The number of benzene rings is 2. The van der Waals surface area contributed by atoms with E-state index in [2.05, 4.69) is 4.98 Å². The van der Waals surface area contributed by atoms with Crippen molar-refractivity contribution < 1.29 is 19.0 Å². The molecule has 32 heavy (non-hydrogen) atoms. The van der Waals surface area contributed by atoms with Crippen LogP contribution in [-0.4, -0.2) is 47.2 Å². The number of aryl methyl sites for hydroxylation is 1. The molecule has 1 amide bonds. The van der Waals surface area contributed by atoms with Crippen LogP contribution in [0.5, 0.6) is 11.5 Å². The smallest absolute Gasteiger partial charge is 0.289 e. The van der Waals surface area contributed by atoms with Gasteiger partial charge in [-0.05, 0) is 36.8 Å². The average molecular weight is 431 g/mol. The standard InChI is InChI=1S/C25H25N3O4/c1-17-15-27(16-26-17)21-8-7-18(13-23(21)30-2)14-24-25(29)28(10-12-32-24)20-9-11-31-22-6-4-3-5-19(20)22/h3-8,13-16,20H,9-12H2,1-2H3/b24-14-. The SMILES string of the molecule is COc1cc(/C=C2\OCCN(C3CCOc4ccccc43)C2=O)ccc1-n1cnc(C)c1. The van der Waals surface area contributed by atoms with Gasteiger partial charge in [0.25, 0.3) is 5.91 Å². The molecule has 0 saturated carbocycles. The van der Waals surface area contributed by atoms with Crippen LogP contribution in [0.25, 0.3) is 11.8 Å². The molecular weight excluding hydrogens is 406 g/mol. The summed E-state index contributed by atoms with van der Waals surface area (Å²) >= 11 is 0. The number of carbonyl (C=O) groups is 1. The molecule has 7 heteroatoms. The van der Waals surface area contributed by atoms with Crippen molar-refractivity contribution in [3.63, 3.8) is 0 Å². The topological polar surface area (TPSA) is 65.8 Å². The monoisotopic (exact) mass is 431 g/mol. The van der Waals surface area contributed by atoms with Crippen molar-refractivity contribution in [1.82, 2.24) is 14.5 Å². The third-order valence-electron chi connectivity index (χ3n) is 5.86. The van der Waals surface area contributed by atoms with Gasteiger partial charge in [-0.15, -0.1) is 0 Å².